The molecule has 0 atom stereocenters. The van der Waals surface area contributed by atoms with Crippen LogP contribution in [0.15, 0.2) is 18.5 Å². The Balaban J connectivity index is 3.08. The monoisotopic (exact) mass is 235 g/mol. The van der Waals surface area contributed by atoms with Crippen molar-refractivity contribution in [1.29, 1.82) is 0 Å². The van der Waals surface area contributed by atoms with Gasteiger partial charge in [0.1, 0.15) is 0 Å². The molecule has 0 aromatic carbocycles. The van der Waals surface area contributed by atoms with E-state index in [1.807, 2.05) is 27.7 Å². The minimum atomic E-state index is -0.555. The highest BCUT2D eigenvalue weighted by molar-refractivity contribution is 6.06. The van der Waals surface area contributed by atoms with Gasteiger partial charge in [-0.3, -0.25) is 14.7 Å². The molecule has 2 N–H and O–H groups in total. The maximum absolute atomic E-state index is 12.5. The first-order valence-corrected chi connectivity index (χ1v) is 5.94. The number of aromatic nitrogens is 1. The lowest BCUT2D eigenvalue weighted by molar-refractivity contribution is 0.0669. The van der Waals surface area contributed by atoms with Crippen LogP contribution in [0.3, 0.4) is 0 Å². The van der Waals surface area contributed by atoms with Crippen LogP contribution in [0.1, 0.15) is 38.1 Å². The maximum Gasteiger partial charge on any atom is 0.186 e. The van der Waals surface area contributed by atoms with Gasteiger partial charge in [-0.25, -0.2) is 0 Å². The van der Waals surface area contributed by atoms with Crippen molar-refractivity contribution < 1.29 is 4.79 Å². The standard InChI is InChI=1S/C13H21N3O/c1-5-16(6-2)13(3,4)12(17)10-9-15-8-7-11(10)14/h7-9H,5-6H2,1-4H3,(H2,14,15). The summed E-state index contributed by atoms with van der Waals surface area (Å²) in [5.74, 6) is 0.0202. The van der Waals surface area contributed by atoms with E-state index in [1.165, 1.54) is 0 Å². The van der Waals surface area contributed by atoms with Crippen molar-refractivity contribution >= 4 is 11.5 Å². The van der Waals surface area contributed by atoms with E-state index in [2.05, 4.69) is 9.88 Å². The molecule has 0 aliphatic rings. The molecular formula is C13H21N3O. The van der Waals surface area contributed by atoms with Crippen LogP contribution in [0, 0.1) is 0 Å². The van der Waals surface area contributed by atoms with Gasteiger partial charge in [0.15, 0.2) is 5.78 Å². The van der Waals surface area contributed by atoms with E-state index >= 15 is 0 Å². The van der Waals surface area contributed by atoms with Gasteiger partial charge in [0.2, 0.25) is 0 Å². The number of anilines is 1. The summed E-state index contributed by atoms with van der Waals surface area (Å²) in [6.07, 6.45) is 3.14. The Bertz CT molecular complexity index is 397. The summed E-state index contributed by atoms with van der Waals surface area (Å²) in [6.45, 7) is 9.60. The number of carbonyl (C=O) groups excluding carboxylic acids is 1. The molecule has 0 aliphatic carbocycles. The Morgan fingerprint density at radius 3 is 2.47 bits per heavy atom. The first-order chi connectivity index (χ1) is 7.95. The average molecular weight is 235 g/mol. The van der Waals surface area contributed by atoms with Gasteiger partial charge in [-0.2, -0.15) is 0 Å². The van der Waals surface area contributed by atoms with Crippen LogP contribution in [0.4, 0.5) is 5.69 Å². The topological polar surface area (TPSA) is 59.2 Å². The molecule has 0 spiro atoms. The predicted molar refractivity (Wildman–Crippen MR) is 70.0 cm³/mol. The van der Waals surface area contributed by atoms with E-state index in [1.54, 1.807) is 18.5 Å². The fourth-order valence-corrected chi connectivity index (χ4v) is 2.08. The molecule has 1 aromatic heterocycles. The van der Waals surface area contributed by atoms with Crippen LogP contribution >= 0.6 is 0 Å². The third kappa shape index (κ3) is 2.64. The predicted octanol–water partition coefficient (Wildman–Crippen LogP) is 1.97. The second-order valence-corrected chi connectivity index (χ2v) is 4.52. The molecule has 94 valence electrons. The van der Waals surface area contributed by atoms with Gasteiger partial charge in [0.25, 0.3) is 0 Å². The van der Waals surface area contributed by atoms with Gasteiger partial charge >= 0.3 is 0 Å². The molecule has 4 heteroatoms. The Hall–Kier alpha value is -1.42. The van der Waals surface area contributed by atoms with Crippen molar-refractivity contribution in [1.82, 2.24) is 9.88 Å². The number of carbonyl (C=O) groups is 1. The van der Waals surface area contributed by atoms with Gasteiger partial charge in [0, 0.05) is 18.1 Å². The number of rotatable bonds is 5. The van der Waals surface area contributed by atoms with E-state index in [0.29, 0.717) is 11.3 Å². The molecule has 17 heavy (non-hydrogen) atoms. The van der Waals surface area contributed by atoms with Gasteiger partial charge in [-0.05, 0) is 33.0 Å². The van der Waals surface area contributed by atoms with Crippen LogP contribution in [0.2, 0.25) is 0 Å². The van der Waals surface area contributed by atoms with E-state index in [0.717, 1.165) is 13.1 Å². The van der Waals surface area contributed by atoms with Gasteiger partial charge in [0.05, 0.1) is 11.1 Å². The quantitative estimate of drug-likeness (QED) is 0.793. The van der Waals surface area contributed by atoms with Gasteiger partial charge < -0.3 is 5.73 Å². The number of ketones is 1. The van der Waals surface area contributed by atoms with E-state index in [4.69, 9.17) is 5.73 Å². The second-order valence-electron chi connectivity index (χ2n) is 4.52. The summed E-state index contributed by atoms with van der Waals surface area (Å²) >= 11 is 0. The third-order valence-electron chi connectivity index (χ3n) is 3.21. The van der Waals surface area contributed by atoms with Crippen molar-refractivity contribution in [3.8, 4) is 0 Å². The molecule has 0 aliphatic heterocycles. The summed E-state index contributed by atoms with van der Waals surface area (Å²) in [4.78, 5) is 18.6. The zero-order chi connectivity index (χ0) is 13.1. The molecule has 1 aromatic rings. The van der Waals surface area contributed by atoms with Crippen LogP contribution in [-0.2, 0) is 0 Å². The number of nitrogens with zero attached hydrogens (tertiary/aromatic N) is 2. The van der Waals surface area contributed by atoms with Crippen LogP contribution in [-0.4, -0.2) is 34.3 Å². The fourth-order valence-electron chi connectivity index (χ4n) is 2.08. The summed E-state index contributed by atoms with van der Waals surface area (Å²) < 4.78 is 0. The number of hydrogen-bond donors (Lipinski definition) is 1. The molecule has 0 unspecified atom stereocenters. The number of nitrogens with two attached hydrogens (primary N) is 1. The maximum atomic E-state index is 12.5. The number of pyridine rings is 1. The third-order valence-corrected chi connectivity index (χ3v) is 3.21. The molecule has 0 radical (unpaired) electrons. The first kappa shape index (κ1) is 13.6. The highest BCUT2D eigenvalue weighted by atomic mass is 16.1. The lowest BCUT2D eigenvalue weighted by Crippen LogP contribution is -2.50. The van der Waals surface area contributed by atoms with Crippen molar-refractivity contribution in [2.75, 3.05) is 18.8 Å². The SMILES string of the molecule is CCN(CC)C(C)(C)C(=O)c1cnccc1N. The van der Waals surface area contributed by atoms with E-state index < -0.39 is 5.54 Å². The van der Waals surface area contributed by atoms with E-state index in [-0.39, 0.29) is 5.78 Å². The average Bonchev–Trinajstić information content (AvgIpc) is 2.30. The second kappa shape index (κ2) is 5.27. The number of nitrogen functional groups attached to an aromatic ring is 1. The Kier molecular flexibility index (Phi) is 4.23. The van der Waals surface area contributed by atoms with Gasteiger partial charge in [-0.1, -0.05) is 13.8 Å². The summed E-state index contributed by atoms with van der Waals surface area (Å²) in [5, 5.41) is 0. The molecule has 1 rings (SSSR count). The zero-order valence-corrected chi connectivity index (χ0v) is 11.0. The smallest absolute Gasteiger partial charge is 0.186 e. The number of hydrogen-bond acceptors (Lipinski definition) is 4. The fraction of sp³-hybridized carbons (Fsp3) is 0.538. The Morgan fingerprint density at radius 1 is 1.41 bits per heavy atom. The van der Waals surface area contributed by atoms with Gasteiger partial charge in [-0.15, -0.1) is 0 Å². The summed E-state index contributed by atoms with van der Waals surface area (Å²) in [5.41, 5.74) is 6.26. The van der Waals surface area contributed by atoms with Crippen molar-refractivity contribution in [2.24, 2.45) is 0 Å². The minimum Gasteiger partial charge on any atom is -0.398 e. The van der Waals surface area contributed by atoms with Crippen LogP contribution in [0.5, 0.6) is 0 Å². The highest BCUT2D eigenvalue weighted by Gasteiger charge is 2.34. The molecule has 4 nitrogen and oxygen atoms in total. The molecule has 0 saturated carbocycles. The van der Waals surface area contributed by atoms with Crippen molar-refractivity contribution in [3.63, 3.8) is 0 Å². The highest BCUT2D eigenvalue weighted by Crippen LogP contribution is 2.22. The zero-order valence-electron chi connectivity index (χ0n) is 11.0. The Labute approximate surface area is 103 Å². The largest absolute Gasteiger partial charge is 0.398 e. The lowest BCUT2D eigenvalue weighted by atomic mass is 9.91. The van der Waals surface area contributed by atoms with Crippen molar-refractivity contribution in [2.45, 2.75) is 33.2 Å². The molecule has 0 fully saturated rings. The van der Waals surface area contributed by atoms with Crippen molar-refractivity contribution in [3.05, 3.63) is 24.0 Å². The molecule has 0 amide bonds. The number of Topliss-reactive ketones (excluding diaryl/α,β-unsaturated/α-hetero) is 1. The Morgan fingerprint density at radius 2 is 2.00 bits per heavy atom. The molecular weight excluding hydrogens is 214 g/mol. The van der Waals surface area contributed by atoms with E-state index in [9.17, 15) is 4.79 Å². The van der Waals surface area contributed by atoms with Crippen LogP contribution in [0.25, 0.3) is 0 Å². The molecule has 0 bridgehead atoms. The van der Waals surface area contributed by atoms with Crippen LogP contribution < -0.4 is 5.73 Å². The summed E-state index contributed by atoms with van der Waals surface area (Å²) in [6, 6.07) is 1.66. The summed E-state index contributed by atoms with van der Waals surface area (Å²) in [7, 11) is 0. The molecule has 0 saturated heterocycles. The number of likely N-dealkylation sites (N-methyl/N-ethyl adjacent to an activating group) is 1. The minimum absolute atomic E-state index is 0.0202. The molecule has 1 heterocycles. The normalized spacial score (nSPS) is 11.8. The first-order valence-electron chi connectivity index (χ1n) is 5.94. The lowest BCUT2D eigenvalue weighted by Gasteiger charge is -2.35.